The number of rotatable bonds is 5. The summed E-state index contributed by atoms with van der Waals surface area (Å²) in [6, 6.07) is 12.2. The second-order valence-electron chi connectivity index (χ2n) is 5.39. The molecule has 0 saturated heterocycles. The van der Waals surface area contributed by atoms with Gasteiger partial charge in [0.15, 0.2) is 5.78 Å². The second kappa shape index (κ2) is 7.29. The van der Waals surface area contributed by atoms with Crippen LogP contribution in [-0.4, -0.2) is 30.7 Å². The first-order valence-corrected chi connectivity index (χ1v) is 7.50. The van der Waals surface area contributed by atoms with Crippen LogP contribution in [0, 0.1) is 0 Å². The van der Waals surface area contributed by atoms with Crippen LogP contribution in [0.5, 0.6) is 5.75 Å². The summed E-state index contributed by atoms with van der Waals surface area (Å²) in [6.45, 7) is 1.77. The molecule has 0 radical (unpaired) electrons. The Kier molecular flexibility index (Phi) is 5.40. The van der Waals surface area contributed by atoms with Crippen LogP contribution in [-0.2, 0) is 6.61 Å². The Morgan fingerprint density at radius 3 is 2.43 bits per heavy atom. The van der Waals surface area contributed by atoms with Crippen molar-refractivity contribution in [2.45, 2.75) is 13.5 Å². The summed E-state index contributed by atoms with van der Waals surface area (Å²) in [7, 11) is 3.42. The molecule has 0 aromatic heterocycles. The van der Waals surface area contributed by atoms with Crippen molar-refractivity contribution >= 4 is 23.3 Å². The van der Waals surface area contributed by atoms with Gasteiger partial charge in [0.2, 0.25) is 0 Å². The fourth-order valence-electron chi connectivity index (χ4n) is 2.05. The molecule has 0 atom stereocenters. The van der Waals surface area contributed by atoms with Gasteiger partial charge in [-0.05, 0) is 42.8 Å². The molecule has 2 aromatic rings. The second-order valence-corrected chi connectivity index (χ2v) is 5.80. The van der Waals surface area contributed by atoms with E-state index in [1.165, 1.54) is 11.8 Å². The van der Waals surface area contributed by atoms with Crippen molar-refractivity contribution in [1.82, 2.24) is 4.90 Å². The molecule has 23 heavy (non-hydrogen) atoms. The molecule has 120 valence electrons. The third-order valence-electron chi connectivity index (χ3n) is 3.31. The number of Topliss-reactive ketones (excluding diaryl/α,β-unsaturated/α-hetero) is 1. The van der Waals surface area contributed by atoms with Crippen molar-refractivity contribution in [1.29, 1.82) is 0 Å². The molecule has 4 nitrogen and oxygen atoms in total. The van der Waals surface area contributed by atoms with Gasteiger partial charge in [0.25, 0.3) is 5.91 Å². The molecule has 0 bridgehead atoms. The molecule has 1 amide bonds. The van der Waals surface area contributed by atoms with Crippen molar-refractivity contribution in [3.8, 4) is 5.75 Å². The van der Waals surface area contributed by atoms with Crippen molar-refractivity contribution in [3.05, 3.63) is 64.2 Å². The predicted molar refractivity (Wildman–Crippen MR) is 90.2 cm³/mol. The number of benzene rings is 2. The Hall–Kier alpha value is -2.33. The van der Waals surface area contributed by atoms with E-state index in [0.29, 0.717) is 21.9 Å². The number of amides is 1. The molecule has 0 spiro atoms. The molecule has 0 aliphatic heterocycles. The Labute approximate surface area is 140 Å². The summed E-state index contributed by atoms with van der Waals surface area (Å²) >= 11 is 6.12. The Morgan fingerprint density at radius 2 is 1.83 bits per heavy atom. The summed E-state index contributed by atoms with van der Waals surface area (Å²) in [5, 5.41) is 0.387. The maximum Gasteiger partial charge on any atom is 0.253 e. The molecule has 0 fully saturated rings. The van der Waals surface area contributed by atoms with Gasteiger partial charge in [-0.15, -0.1) is 0 Å². The minimum absolute atomic E-state index is 0.0478. The van der Waals surface area contributed by atoms with Crippen molar-refractivity contribution in [2.24, 2.45) is 0 Å². The van der Waals surface area contributed by atoms with Crippen LogP contribution in [0.1, 0.15) is 33.2 Å². The monoisotopic (exact) mass is 331 g/mol. The van der Waals surface area contributed by atoms with Gasteiger partial charge in [0, 0.05) is 25.2 Å². The highest BCUT2D eigenvalue weighted by Crippen LogP contribution is 2.26. The highest BCUT2D eigenvalue weighted by atomic mass is 35.5. The smallest absolute Gasteiger partial charge is 0.253 e. The summed E-state index contributed by atoms with van der Waals surface area (Å²) < 4.78 is 5.68. The molecule has 0 unspecified atom stereocenters. The molecular weight excluding hydrogens is 314 g/mol. The maximum atomic E-state index is 12.0. The lowest BCUT2D eigenvalue weighted by molar-refractivity contribution is 0.0827. The largest absolute Gasteiger partial charge is 0.487 e. The predicted octanol–water partition coefficient (Wildman–Crippen LogP) is 3.82. The first kappa shape index (κ1) is 17.0. The molecule has 0 heterocycles. The number of ether oxygens (including phenoxy) is 1. The van der Waals surface area contributed by atoms with Gasteiger partial charge < -0.3 is 9.64 Å². The lowest BCUT2D eigenvalue weighted by Crippen LogP contribution is -2.21. The lowest BCUT2D eigenvalue weighted by Gasteiger charge is -2.12. The van der Waals surface area contributed by atoms with E-state index < -0.39 is 0 Å². The number of hydrogen-bond acceptors (Lipinski definition) is 3. The van der Waals surface area contributed by atoms with Gasteiger partial charge in [0.1, 0.15) is 12.4 Å². The number of nitrogens with zero attached hydrogens (tertiary/aromatic N) is 1. The van der Waals surface area contributed by atoms with Crippen LogP contribution in [0.2, 0.25) is 5.02 Å². The van der Waals surface area contributed by atoms with Crippen LogP contribution in [0.3, 0.4) is 0 Å². The standard InChI is InChI=1S/C18H18ClNO3/c1-12(21)14-7-8-17(16(19)10-14)23-11-13-5-4-6-15(9-13)18(22)20(2)3/h4-10H,11H2,1-3H3. The van der Waals surface area contributed by atoms with E-state index in [9.17, 15) is 9.59 Å². The molecule has 2 aromatic carbocycles. The van der Waals surface area contributed by atoms with Crippen LogP contribution < -0.4 is 4.74 Å². The highest BCUT2D eigenvalue weighted by Gasteiger charge is 2.09. The van der Waals surface area contributed by atoms with E-state index in [2.05, 4.69) is 0 Å². The van der Waals surface area contributed by atoms with Crippen LogP contribution in [0.4, 0.5) is 0 Å². The zero-order valence-corrected chi connectivity index (χ0v) is 14.1. The molecule has 0 N–H and O–H groups in total. The van der Waals surface area contributed by atoms with Gasteiger partial charge in [-0.25, -0.2) is 0 Å². The van der Waals surface area contributed by atoms with Crippen LogP contribution in [0.15, 0.2) is 42.5 Å². The van der Waals surface area contributed by atoms with Crippen LogP contribution >= 0.6 is 11.6 Å². The topological polar surface area (TPSA) is 46.6 Å². The average Bonchev–Trinajstić information content (AvgIpc) is 2.53. The third kappa shape index (κ3) is 4.33. The van der Waals surface area contributed by atoms with E-state index >= 15 is 0 Å². The van der Waals surface area contributed by atoms with Gasteiger partial charge in [-0.3, -0.25) is 9.59 Å². The fraction of sp³-hybridized carbons (Fsp3) is 0.222. The van der Waals surface area contributed by atoms with Gasteiger partial charge in [-0.2, -0.15) is 0 Å². The van der Waals surface area contributed by atoms with E-state index in [1.807, 2.05) is 12.1 Å². The van der Waals surface area contributed by atoms with Crippen molar-refractivity contribution in [2.75, 3.05) is 14.1 Å². The van der Waals surface area contributed by atoms with E-state index in [1.54, 1.807) is 44.4 Å². The van der Waals surface area contributed by atoms with Gasteiger partial charge in [0.05, 0.1) is 5.02 Å². The lowest BCUT2D eigenvalue weighted by atomic mass is 10.1. The van der Waals surface area contributed by atoms with Crippen molar-refractivity contribution < 1.29 is 14.3 Å². The number of carbonyl (C=O) groups excluding carboxylic acids is 2. The molecule has 2 rings (SSSR count). The highest BCUT2D eigenvalue weighted by molar-refractivity contribution is 6.32. The molecule has 0 aliphatic carbocycles. The zero-order chi connectivity index (χ0) is 17.0. The minimum atomic E-state index is -0.0595. The van der Waals surface area contributed by atoms with E-state index in [-0.39, 0.29) is 18.3 Å². The fourth-order valence-corrected chi connectivity index (χ4v) is 2.29. The minimum Gasteiger partial charge on any atom is -0.487 e. The first-order chi connectivity index (χ1) is 10.9. The molecule has 0 aliphatic rings. The first-order valence-electron chi connectivity index (χ1n) is 7.12. The molecular formula is C18H18ClNO3. The number of ketones is 1. The number of carbonyl (C=O) groups is 2. The number of hydrogen-bond donors (Lipinski definition) is 0. The van der Waals surface area contributed by atoms with Crippen molar-refractivity contribution in [3.63, 3.8) is 0 Å². The van der Waals surface area contributed by atoms with Gasteiger partial charge in [-0.1, -0.05) is 23.7 Å². The Balaban J connectivity index is 2.11. The van der Waals surface area contributed by atoms with Gasteiger partial charge >= 0.3 is 0 Å². The Morgan fingerprint density at radius 1 is 1.09 bits per heavy atom. The normalized spacial score (nSPS) is 10.3. The summed E-state index contributed by atoms with van der Waals surface area (Å²) in [4.78, 5) is 24.8. The van der Waals surface area contributed by atoms with E-state index in [4.69, 9.17) is 16.3 Å². The summed E-state index contributed by atoms with van der Waals surface area (Å²) in [5.41, 5.74) is 2.01. The average molecular weight is 332 g/mol. The quantitative estimate of drug-likeness (QED) is 0.782. The Bertz CT molecular complexity index is 741. The zero-order valence-electron chi connectivity index (χ0n) is 13.3. The van der Waals surface area contributed by atoms with E-state index in [0.717, 1.165) is 5.56 Å². The maximum absolute atomic E-state index is 12.0. The third-order valence-corrected chi connectivity index (χ3v) is 3.61. The summed E-state index contributed by atoms with van der Waals surface area (Å²) in [5.74, 6) is 0.394. The number of halogens is 1. The van der Waals surface area contributed by atoms with Crippen LogP contribution in [0.25, 0.3) is 0 Å². The molecule has 5 heteroatoms. The SMILES string of the molecule is CC(=O)c1ccc(OCc2cccc(C(=O)N(C)C)c2)c(Cl)c1. The molecule has 0 saturated carbocycles. The summed E-state index contributed by atoms with van der Waals surface area (Å²) in [6.07, 6.45) is 0.